The predicted octanol–water partition coefficient (Wildman–Crippen LogP) is 0.348. The molecule has 2 atom stereocenters. The van der Waals surface area contributed by atoms with Gasteiger partial charge in [0.25, 0.3) is 0 Å². The van der Waals surface area contributed by atoms with E-state index in [0.29, 0.717) is 24.5 Å². The molecule has 1 aliphatic rings. The Morgan fingerprint density at radius 2 is 2.11 bits per heavy atom. The van der Waals surface area contributed by atoms with Crippen LogP contribution in [0.1, 0.15) is 18.9 Å². The van der Waals surface area contributed by atoms with Crippen molar-refractivity contribution in [2.75, 3.05) is 20.0 Å². The molecule has 0 heterocycles. The molecule has 6 heteroatoms. The Hall–Kier alpha value is -1.27. The Bertz CT molecular complexity index is 584. The zero-order chi connectivity index (χ0) is 14.3. The Balaban J connectivity index is 2.35. The highest BCUT2D eigenvalue weighted by atomic mass is 32.2. The van der Waals surface area contributed by atoms with Crippen molar-refractivity contribution in [2.24, 2.45) is 0 Å². The van der Waals surface area contributed by atoms with Crippen LogP contribution in [0.25, 0.3) is 0 Å². The Morgan fingerprint density at radius 3 is 2.58 bits per heavy atom. The minimum Gasteiger partial charge on any atom is -0.493 e. The molecule has 1 fully saturated rings. The zero-order valence-electron chi connectivity index (χ0n) is 11.5. The number of ether oxygens (including phenoxy) is 2. The monoisotopic (exact) mass is 286 g/mol. The maximum absolute atomic E-state index is 11.6. The van der Waals surface area contributed by atoms with Crippen molar-refractivity contribution in [1.82, 2.24) is 0 Å². The van der Waals surface area contributed by atoms with Crippen LogP contribution in [0.5, 0.6) is 11.5 Å². The normalized spacial score (nSPS) is 26.0. The number of sulfone groups is 1. The molecule has 0 aromatic heterocycles. The summed E-state index contributed by atoms with van der Waals surface area (Å²) in [6, 6.07) is 5.49. The second-order valence-corrected chi connectivity index (χ2v) is 7.21. The summed E-state index contributed by atoms with van der Waals surface area (Å²) in [5, 5.41) is -0.400. The van der Waals surface area contributed by atoms with E-state index in [1.165, 1.54) is 6.26 Å². The van der Waals surface area contributed by atoms with E-state index in [9.17, 15) is 8.42 Å². The Morgan fingerprint density at radius 1 is 1.42 bits per heavy atom. The molecule has 0 radical (unpaired) electrons. The maximum atomic E-state index is 11.6. The topological polar surface area (TPSA) is 80.2 Å². The molecular weight excluding hydrogens is 266 g/mol. The summed E-state index contributed by atoms with van der Waals surface area (Å²) in [7, 11) is -1.48. The number of hydrogen-bond donors (Lipinski definition) is 1. The molecule has 0 aliphatic heterocycles. The van der Waals surface area contributed by atoms with E-state index in [4.69, 9.17) is 9.47 Å². The molecule has 2 unspecified atom stereocenters. The van der Waals surface area contributed by atoms with Crippen LogP contribution >= 0.6 is 0 Å². The molecule has 106 valence electrons. The van der Waals surface area contributed by atoms with Crippen molar-refractivity contribution in [3.05, 3.63) is 23.8 Å². The minimum atomic E-state index is -3.06. The van der Waals surface area contributed by atoms with E-state index >= 15 is 0 Å². The SMILES string of the molecule is CCOc1cc(C2([NH3+])CC2S(C)(=O)=O)ccc1OC. The first-order chi connectivity index (χ1) is 8.82. The fraction of sp³-hybridized carbons (Fsp3) is 0.538. The summed E-state index contributed by atoms with van der Waals surface area (Å²) in [6.07, 6.45) is 1.82. The lowest BCUT2D eigenvalue weighted by atomic mass is 10.1. The molecule has 1 saturated carbocycles. The van der Waals surface area contributed by atoms with Crippen LogP contribution in [0, 0.1) is 0 Å². The van der Waals surface area contributed by atoms with Gasteiger partial charge in [0.2, 0.25) is 0 Å². The lowest BCUT2D eigenvalue weighted by Crippen LogP contribution is -2.63. The number of methoxy groups -OCH3 is 1. The Labute approximate surface area is 113 Å². The minimum absolute atomic E-state index is 0.400. The molecule has 0 bridgehead atoms. The number of hydrogen-bond acceptors (Lipinski definition) is 4. The van der Waals surface area contributed by atoms with Gasteiger partial charge in [-0.1, -0.05) is 0 Å². The molecule has 3 N–H and O–H groups in total. The van der Waals surface area contributed by atoms with Gasteiger partial charge in [0.05, 0.1) is 13.7 Å². The average Bonchev–Trinajstić information content (AvgIpc) is 3.04. The van der Waals surface area contributed by atoms with Gasteiger partial charge in [-0.05, 0) is 25.1 Å². The highest BCUT2D eigenvalue weighted by Gasteiger charge is 2.62. The fourth-order valence-corrected chi connectivity index (χ4v) is 3.95. The van der Waals surface area contributed by atoms with Gasteiger partial charge < -0.3 is 15.2 Å². The van der Waals surface area contributed by atoms with Gasteiger partial charge in [0.15, 0.2) is 21.3 Å². The third-order valence-electron chi connectivity index (χ3n) is 3.56. The van der Waals surface area contributed by atoms with Gasteiger partial charge in [0.1, 0.15) is 10.8 Å². The van der Waals surface area contributed by atoms with Gasteiger partial charge in [-0.15, -0.1) is 0 Å². The van der Waals surface area contributed by atoms with E-state index in [1.807, 2.05) is 19.1 Å². The Kier molecular flexibility index (Phi) is 3.49. The van der Waals surface area contributed by atoms with E-state index in [0.717, 1.165) is 5.56 Å². The third-order valence-corrected chi connectivity index (χ3v) is 5.21. The van der Waals surface area contributed by atoms with Crippen molar-refractivity contribution in [3.63, 3.8) is 0 Å². The van der Waals surface area contributed by atoms with Gasteiger partial charge in [-0.2, -0.15) is 0 Å². The molecule has 0 spiro atoms. The number of quaternary nitrogens is 1. The summed E-state index contributed by atoms with van der Waals surface area (Å²) < 4.78 is 34.0. The second-order valence-electron chi connectivity index (χ2n) is 4.98. The van der Waals surface area contributed by atoms with Crippen molar-refractivity contribution < 1.29 is 23.6 Å². The molecule has 1 aromatic carbocycles. The molecule has 5 nitrogen and oxygen atoms in total. The molecule has 19 heavy (non-hydrogen) atoms. The van der Waals surface area contributed by atoms with E-state index in [2.05, 4.69) is 5.73 Å². The van der Waals surface area contributed by atoms with Gasteiger partial charge in [0, 0.05) is 18.2 Å². The van der Waals surface area contributed by atoms with Gasteiger partial charge >= 0.3 is 0 Å². The standard InChI is InChI=1S/C13H19NO4S/c1-4-18-11-7-9(5-6-10(11)17-2)13(14)8-12(13)19(3,15)16/h5-7,12H,4,8,14H2,1-3H3/p+1. The molecule has 1 aromatic rings. The molecule has 0 saturated heterocycles. The lowest BCUT2D eigenvalue weighted by molar-refractivity contribution is -0.446. The van der Waals surface area contributed by atoms with Crippen LogP contribution in [0.3, 0.4) is 0 Å². The molecular formula is C13H20NO4S+. The predicted molar refractivity (Wildman–Crippen MR) is 72.0 cm³/mol. The summed E-state index contributed by atoms with van der Waals surface area (Å²) >= 11 is 0. The van der Waals surface area contributed by atoms with E-state index in [1.54, 1.807) is 13.2 Å². The zero-order valence-corrected chi connectivity index (χ0v) is 12.3. The van der Waals surface area contributed by atoms with Crippen molar-refractivity contribution in [1.29, 1.82) is 0 Å². The average molecular weight is 286 g/mol. The van der Waals surface area contributed by atoms with Gasteiger partial charge in [-0.3, -0.25) is 0 Å². The van der Waals surface area contributed by atoms with Crippen LogP contribution in [-0.4, -0.2) is 33.6 Å². The van der Waals surface area contributed by atoms with Crippen LogP contribution < -0.4 is 15.2 Å². The second kappa shape index (κ2) is 4.68. The first-order valence-electron chi connectivity index (χ1n) is 6.18. The van der Waals surface area contributed by atoms with Crippen LogP contribution in [0.4, 0.5) is 0 Å². The lowest BCUT2D eigenvalue weighted by Gasteiger charge is -2.13. The summed E-state index contributed by atoms with van der Waals surface area (Å²) in [4.78, 5) is 0. The first kappa shape index (κ1) is 14.1. The van der Waals surface area contributed by atoms with Crippen molar-refractivity contribution >= 4 is 9.84 Å². The van der Waals surface area contributed by atoms with E-state index < -0.39 is 20.6 Å². The molecule has 2 rings (SSSR count). The summed E-state index contributed by atoms with van der Waals surface area (Å²) in [5.74, 6) is 1.27. The number of benzene rings is 1. The van der Waals surface area contributed by atoms with Crippen LogP contribution in [0.2, 0.25) is 0 Å². The van der Waals surface area contributed by atoms with Crippen molar-refractivity contribution in [2.45, 2.75) is 24.1 Å². The van der Waals surface area contributed by atoms with Crippen LogP contribution in [0.15, 0.2) is 18.2 Å². The summed E-state index contributed by atoms with van der Waals surface area (Å²) in [6.45, 7) is 2.42. The van der Waals surface area contributed by atoms with Crippen molar-refractivity contribution in [3.8, 4) is 11.5 Å². The quantitative estimate of drug-likeness (QED) is 0.847. The fourth-order valence-electron chi connectivity index (χ4n) is 2.39. The highest BCUT2D eigenvalue weighted by molar-refractivity contribution is 7.91. The number of rotatable bonds is 5. The smallest absolute Gasteiger partial charge is 0.161 e. The highest BCUT2D eigenvalue weighted by Crippen LogP contribution is 2.47. The maximum Gasteiger partial charge on any atom is 0.161 e. The first-order valence-corrected chi connectivity index (χ1v) is 8.14. The van der Waals surface area contributed by atoms with Crippen LogP contribution in [-0.2, 0) is 15.4 Å². The summed E-state index contributed by atoms with van der Waals surface area (Å²) in [5.41, 5.74) is 4.41. The third kappa shape index (κ3) is 2.55. The van der Waals surface area contributed by atoms with E-state index in [-0.39, 0.29) is 0 Å². The van der Waals surface area contributed by atoms with Gasteiger partial charge in [-0.25, -0.2) is 8.42 Å². The largest absolute Gasteiger partial charge is 0.493 e. The molecule has 1 aliphatic carbocycles. The molecule has 0 amide bonds.